The van der Waals surface area contributed by atoms with E-state index in [0.717, 1.165) is 5.69 Å². The molecule has 2 nitrogen and oxygen atoms in total. The molecule has 2 aromatic rings. The second-order valence-electron chi connectivity index (χ2n) is 6.08. The third-order valence-electron chi connectivity index (χ3n) is 4.57. The number of nitrogens with zero attached hydrogens (tertiary/aromatic N) is 2. The highest BCUT2D eigenvalue weighted by Crippen LogP contribution is 2.31. The molecule has 0 unspecified atom stereocenters. The molecule has 0 amide bonds. The summed E-state index contributed by atoms with van der Waals surface area (Å²) in [5, 5.41) is 0. The Kier molecular flexibility index (Phi) is 4.23. The van der Waals surface area contributed by atoms with Gasteiger partial charge in [-0.3, -0.25) is 4.99 Å². The molecule has 0 radical (unpaired) electrons. The van der Waals surface area contributed by atoms with Gasteiger partial charge in [-0.1, -0.05) is 37.5 Å². The van der Waals surface area contributed by atoms with Gasteiger partial charge in [-0.15, -0.1) is 0 Å². The van der Waals surface area contributed by atoms with Crippen molar-refractivity contribution in [1.29, 1.82) is 0 Å². The summed E-state index contributed by atoms with van der Waals surface area (Å²) in [7, 11) is 0. The van der Waals surface area contributed by atoms with Crippen LogP contribution < -0.4 is 0 Å². The minimum atomic E-state index is 0.692. The van der Waals surface area contributed by atoms with E-state index in [1.54, 1.807) is 0 Å². The molecule has 0 N–H and O–H groups in total. The molecule has 0 saturated heterocycles. The molecule has 1 aliphatic rings. The molecule has 1 heterocycles. The highest BCUT2D eigenvalue weighted by atomic mass is 15.0. The Hall–Kier alpha value is -1.83. The van der Waals surface area contributed by atoms with Crippen LogP contribution in [0, 0.1) is 13.8 Å². The predicted molar refractivity (Wildman–Crippen MR) is 89.7 cm³/mol. The minimum absolute atomic E-state index is 0.692. The SMILES string of the molecule is Cc1cc(C=Nc2ccccc2)c(C)n1C1CCCCC1. The number of aliphatic imine (C=N–C) groups is 1. The summed E-state index contributed by atoms with van der Waals surface area (Å²) in [6.45, 7) is 4.45. The first-order valence-electron chi connectivity index (χ1n) is 8.03. The summed E-state index contributed by atoms with van der Waals surface area (Å²) in [4.78, 5) is 4.60. The summed E-state index contributed by atoms with van der Waals surface area (Å²) >= 11 is 0. The van der Waals surface area contributed by atoms with Crippen molar-refractivity contribution in [1.82, 2.24) is 4.57 Å². The van der Waals surface area contributed by atoms with Gasteiger partial charge in [-0.2, -0.15) is 0 Å². The lowest BCUT2D eigenvalue weighted by molar-refractivity contribution is 0.346. The average molecular weight is 280 g/mol. The van der Waals surface area contributed by atoms with E-state index in [1.807, 2.05) is 36.5 Å². The van der Waals surface area contributed by atoms with Gasteiger partial charge in [0.05, 0.1) is 5.69 Å². The molecule has 1 saturated carbocycles. The topological polar surface area (TPSA) is 17.3 Å². The van der Waals surface area contributed by atoms with Gasteiger partial charge in [-0.25, -0.2) is 0 Å². The lowest BCUT2D eigenvalue weighted by atomic mass is 9.95. The quantitative estimate of drug-likeness (QED) is 0.673. The van der Waals surface area contributed by atoms with Crippen LogP contribution in [0.25, 0.3) is 0 Å². The molecular formula is C19H24N2. The highest BCUT2D eigenvalue weighted by molar-refractivity contribution is 5.83. The number of aryl methyl sites for hydroxylation is 1. The summed E-state index contributed by atoms with van der Waals surface area (Å²) < 4.78 is 2.53. The lowest BCUT2D eigenvalue weighted by Gasteiger charge is -2.26. The van der Waals surface area contributed by atoms with E-state index in [9.17, 15) is 0 Å². The maximum Gasteiger partial charge on any atom is 0.0629 e. The fourth-order valence-corrected chi connectivity index (χ4v) is 3.49. The van der Waals surface area contributed by atoms with Crippen LogP contribution in [0.3, 0.4) is 0 Å². The highest BCUT2D eigenvalue weighted by Gasteiger charge is 2.19. The first-order valence-corrected chi connectivity index (χ1v) is 8.03. The average Bonchev–Trinajstić information content (AvgIpc) is 2.81. The summed E-state index contributed by atoms with van der Waals surface area (Å²) in [6.07, 6.45) is 8.80. The smallest absolute Gasteiger partial charge is 0.0629 e. The van der Waals surface area contributed by atoms with Crippen molar-refractivity contribution >= 4 is 11.9 Å². The molecule has 0 bridgehead atoms. The second kappa shape index (κ2) is 6.30. The maximum absolute atomic E-state index is 4.60. The van der Waals surface area contributed by atoms with Crippen LogP contribution in [-0.2, 0) is 0 Å². The molecule has 0 aliphatic heterocycles. The van der Waals surface area contributed by atoms with E-state index in [2.05, 4.69) is 29.5 Å². The molecule has 110 valence electrons. The molecule has 1 aromatic carbocycles. The first kappa shape index (κ1) is 14.1. The zero-order valence-corrected chi connectivity index (χ0v) is 13.0. The van der Waals surface area contributed by atoms with Gasteiger partial charge in [0.25, 0.3) is 0 Å². The minimum Gasteiger partial charge on any atom is -0.345 e. The molecule has 1 aliphatic carbocycles. The molecule has 21 heavy (non-hydrogen) atoms. The Morgan fingerprint density at radius 1 is 1.05 bits per heavy atom. The Morgan fingerprint density at radius 3 is 2.48 bits per heavy atom. The largest absolute Gasteiger partial charge is 0.345 e. The van der Waals surface area contributed by atoms with Gasteiger partial charge in [0.15, 0.2) is 0 Å². The molecule has 0 spiro atoms. The standard InChI is InChI=1S/C19H24N2/c1-15-13-17(14-20-18-9-5-3-6-10-18)16(2)21(15)19-11-7-4-8-12-19/h3,5-6,9-10,13-14,19H,4,7-8,11-12H2,1-2H3. The zero-order valence-electron chi connectivity index (χ0n) is 13.0. The number of rotatable bonds is 3. The van der Waals surface area contributed by atoms with Crippen LogP contribution in [0.1, 0.15) is 55.1 Å². The van der Waals surface area contributed by atoms with Crippen LogP contribution in [0.5, 0.6) is 0 Å². The Labute approximate surface area is 127 Å². The van der Waals surface area contributed by atoms with Gasteiger partial charge in [0.1, 0.15) is 0 Å². The van der Waals surface area contributed by atoms with Crippen molar-refractivity contribution in [2.24, 2.45) is 4.99 Å². The normalized spacial score (nSPS) is 16.7. The number of para-hydroxylation sites is 1. The lowest BCUT2D eigenvalue weighted by Crippen LogP contribution is -2.15. The third kappa shape index (κ3) is 3.10. The monoisotopic (exact) mass is 280 g/mol. The van der Waals surface area contributed by atoms with Crippen molar-refractivity contribution in [3.05, 3.63) is 53.3 Å². The van der Waals surface area contributed by atoms with Gasteiger partial charge < -0.3 is 4.57 Å². The number of benzene rings is 1. The molecule has 2 heteroatoms. The second-order valence-corrected chi connectivity index (χ2v) is 6.08. The molecule has 0 atom stereocenters. The Morgan fingerprint density at radius 2 is 1.76 bits per heavy atom. The van der Waals surface area contributed by atoms with E-state index in [0.29, 0.717) is 6.04 Å². The van der Waals surface area contributed by atoms with Gasteiger partial charge in [0.2, 0.25) is 0 Å². The third-order valence-corrected chi connectivity index (χ3v) is 4.57. The zero-order chi connectivity index (χ0) is 14.7. The van der Waals surface area contributed by atoms with E-state index >= 15 is 0 Å². The van der Waals surface area contributed by atoms with Crippen LogP contribution >= 0.6 is 0 Å². The molecule has 1 aromatic heterocycles. The summed E-state index contributed by atoms with van der Waals surface area (Å²) in [5.74, 6) is 0. The van der Waals surface area contributed by atoms with Crippen molar-refractivity contribution in [2.75, 3.05) is 0 Å². The maximum atomic E-state index is 4.60. The number of hydrogen-bond donors (Lipinski definition) is 0. The fourth-order valence-electron chi connectivity index (χ4n) is 3.49. The van der Waals surface area contributed by atoms with Crippen LogP contribution in [0.2, 0.25) is 0 Å². The molecular weight excluding hydrogens is 256 g/mol. The van der Waals surface area contributed by atoms with E-state index in [-0.39, 0.29) is 0 Å². The van der Waals surface area contributed by atoms with Crippen LogP contribution in [-0.4, -0.2) is 10.8 Å². The van der Waals surface area contributed by atoms with E-state index in [4.69, 9.17) is 0 Å². The predicted octanol–water partition coefficient (Wildman–Crippen LogP) is 5.36. The van der Waals surface area contributed by atoms with E-state index in [1.165, 1.54) is 49.1 Å². The van der Waals surface area contributed by atoms with Crippen molar-refractivity contribution < 1.29 is 0 Å². The first-order chi connectivity index (χ1) is 10.3. The van der Waals surface area contributed by atoms with Gasteiger partial charge >= 0.3 is 0 Å². The van der Waals surface area contributed by atoms with Crippen molar-refractivity contribution in [3.8, 4) is 0 Å². The van der Waals surface area contributed by atoms with Gasteiger partial charge in [0, 0.05) is 29.2 Å². The van der Waals surface area contributed by atoms with Crippen LogP contribution in [0.4, 0.5) is 5.69 Å². The molecule has 1 fully saturated rings. The number of hydrogen-bond acceptors (Lipinski definition) is 1. The van der Waals surface area contributed by atoms with Crippen molar-refractivity contribution in [2.45, 2.75) is 52.0 Å². The summed E-state index contributed by atoms with van der Waals surface area (Å²) in [6, 6.07) is 13.1. The molecule has 3 rings (SSSR count). The van der Waals surface area contributed by atoms with E-state index < -0.39 is 0 Å². The number of aromatic nitrogens is 1. The summed E-state index contributed by atoms with van der Waals surface area (Å²) in [5.41, 5.74) is 5.00. The Bertz CT molecular complexity index is 617. The Balaban J connectivity index is 1.85. The van der Waals surface area contributed by atoms with Gasteiger partial charge in [-0.05, 0) is 44.9 Å². The fraction of sp³-hybridized carbons (Fsp3) is 0.421. The van der Waals surface area contributed by atoms with Crippen LogP contribution in [0.15, 0.2) is 41.4 Å². The van der Waals surface area contributed by atoms with Crippen molar-refractivity contribution in [3.63, 3.8) is 0 Å².